The number of hydrogen-bond acceptors (Lipinski definition) is 5. The number of nitrogens with zero attached hydrogens (tertiary/aromatic N) is 2. The summed E-state index contributed by atoms with van der Waals surface area (Å²) in [5, 5.41) is 1.65. The summed E-state index contributed by atoms with van der Waals surface area (Å²) in [6.45, 7) is 4.52. The molecular weight excluding hydrogens is 477 g/mol. The van der Waals surface area contributed by atoms with Crippen molar-refractivity contribution in [3.05, 3.63) is 68.5 Å². The normalized spacial score (nSPS) is 21.4. The lowest BCUT2D eigenvalue weighted by atomic mass is 9.77. The zero-order valence-electron chi connectivity index (χ0n) is 17.0. The van der Waals surface area contributed by atoms with Gasteiger partial charge in [-0.05, 0) is 43.5 Å². The van der Waals surface area contributed by atoms with Gasteiger partial charge in [0.25, 0.3) is 11.8 Å². The van der Waals surface area contributed by atoms with Crippen molar-refractivity contribution < 1.29 is 22.4 Å². The molecule has 0 spiro atoms. The van der Waals surface area contributed by atoms with Gasteiger partial charge in [0.2, 0.25) is 10.0 Å². The van der Waals surface area contributed by atoms with Gasteiger partial charge in [-0.15, -0.1) is 16.2 Å². The van der Waals surface area contributed by atoms with Gasteiger partial charge in [0, 0.05) is 41.0 Å². The van der Waals surface area contributed by atoms with Crippen LogP contribution in [0.25, 0.3) is 0 Å². The molecule has 2 aliphatic rings. The Bertz CT molecular complexity index is 1190. The van der Waals surface area contributed by atoms with E-state index in [0.29, 0.717) is 27.7 Å². The number of nitrogens with one attached hydrogen (secondary N) is 1. The molecule has 170 valence electrons. The predicted molar refractivity (Wildman–Crippen MR) is 120 cm³/mol. The molecule has 1 N–H and O–H groups in total. The Morgan fingerprint density at radius 3 is 2.53 bits per heavy atom. The van der Waals surface area contributed by atoms with Gasteiger partial charge in [0.1, 0.15) is 11.2 Å². The van der Waals surface area contributed by atoms with Crippen LogP contribution >= 0.6 is 22.9 Å². The molecule has 7 nitrogen and oxygen atoms in total. The van der Waals surface area contributed by atoms with Crippen molar-refractivity contribution in [3.63, 3.8) is 0 Å². The molecule has 0 bridgehead atoms. The molecule has 32 heavy (non-hydrogen) atoms. The zero-order chi connectivity index (χ0) is 23.1. The van der Waals surface area contributed by atoms with Crippen LogP contribution in [0.4, 0.5) is 4.39 Å². The van der Waals surface area contributed by atoms with Crippen molar-refractivity contribution in [1.82, 2.24) is 14.7 Å². The number of rotatable bonds is 6. The fourth-order valence-corrected chi connectivity index (χ4v) is 6.07. The third-order valence-electron chi connectivity index (χ3n) is 5.84. The molecule has 0 saturated carbocycles. The van der Waals surface area contributed by atoms with Crippen molar-refractivity contribution in [2.45, 2.75) is 24.7 Å². The first-order valence-electron chi connectivity index (χ1n) is 10.00. The van der Waals surface area contributed by atoms with Gasteiger partial charge >= 0.3 is 0 Å². The predicted octanol–water partition coefficient (Wildman–Crippen LogP) is 3.27. The average Bonchev–Trinajstić information content (AvgIpc) is 3.50. The van der Waals surface area contributed by atoms with E-state index < -0.39 is 27.2 Å². The van der Waals surface area contributed by atoms with Crippen LogP contribution in [0.5, 0.6) is 0 Å². The smallest absolute Gasteiger partial charge is 0.253 e. The van der Waals surface area contributed by atoms with Crippen LogP contribution in [0.15, 0.2) is 42.3 Å². The lowest BCUT2D eigenvalue weighted by Gasteiger charge is -2.28. The number of carbonyl (C=O) groups excluding carboxylic acids is 2. The molecule has 11 heteroatoms. The number of sulfonamides is 1. The summed E-state index contributed by atoms with van der Waals surface area (Å²) in [5.74, 6) is -1.58. The molecule has 0 aliphatic carbocycles. The van der Waals surface area contributed by atoms with Gasteiger partial charge in [-0.1, -0.05) is 24.2 Å². The highest BCUT2D eigenvalue weighted by molar-refractivity contribution is 7.92. The molecule has 1 aromatic heterocycles. The molecular formula is C21H21ClFN3O4S2. The number of benzene rings is 1. The largest absolute Gasteiger partial charge is 0.339 e. The van der Waals surface area contributed by atoms with E-state index in [1.807, 2.05) is 0 Å². The van der Waals surface area contributed by atoms with Crippen LogP contribution < -0.4 is 4.83 Å². The molecule has 1 atom stereocenters. The molecule has 2 fully saturated rings. The Labute approximate surface area is 194 Å². The second-order valence-corrected chi connectivity index (χ2v) is 11.0. The monoisotopic (exact) mass is 497 g/mol. The molecule has 1 aromatic carbocycles. The van der Waals surface area contributed by atoms with Crippen molar-refractivity contribution in [3.8, 4) is 0 Å². The van der Waals surface area contributed by atoms with E-state index in [0.717, 1.165) is 35.3 Å². The van der Waals surface area contributed by atoms with E-state index in [1.165, 1.54) is 12.1 Å². The zero-order valence-corrected chi connectivity index (χ0v) is 19.4. The van der Waals surface area contributed by atoms with Gasteiger partial charge in [-0.3, -0.25) is 14.6 Å². The maximum absolute atomic E-state index is 15.5. The molecule has 3 heterocycles. The summed E-state index contributed by atoms with van der Waals surface area (Å²) < 4.78 is 39.8. The topological polar surface area (TPSA) is 86.8 Å². The van der Waals surface area contributed by atoms with Crippen LogP contribution in [0, 0.1) is 5.82 Å². The van der Waals surface area contributed by atoms with Crippen LogP contribution in [0.2, 0.25) is 4.34 Å². The standard InChI is InChI=1S/C21H21ClFN3O4S2/c1-2-32(29,30)24-26-12-9-21(20(26)28,17-7-8-18(22)31-17)15-6-5-14(13-16(15)23)19(27)25-10-3-4-11-25/h2,5-8,13,24H,1,3-4,9-12H2/t21-/m1/s1. The van der Waals surface area contributed by atoms with Crippen molar-refractivity contribution in [2.75, 3.05) is 19.6 Å². The second kappa shape index (κ2) is 8.58. The van der Waals surface area contributed by atoms with Gasteiger partial charge in [0.15, 0.2) is 0 Å². The van der Waals surface area contributed by atoms with E-state index in [4.69, 9.17) is 11.6 Å². The summed E-state index contributed by atoms with van der Waals surface area (Å²) in [4.78, 5) is 30.5. The quantitative estimate of drug-likeness (QED) is 0.663. The highest BCUT2D eigenvalue weighted by Gasteiger charge is 2.52. The van der Waals surface area contributed by atoms with E-state index in [-0.39, 0.29) is 30.0 Å². The first-order valence-corrected chi connectivity index (χ1v) is 12.7. The summed E-state index contributed by atoms with van der Waals surface area (Å²) in [7, 11) is -3.93. The van der Waals surface area contributed by atoms with Gasteiger partial charge in [-0.25, -0.2) is 12.8 Å². The minimum Gasteiger partial charge on any atom is -0.339 e. The van der Waals surface area contributed by atoms with E-state index in [2.05, 4.69) is 11.4 Å². The molecule has 2 saturated heterocycles. The van der Waals surface area contributed by atoms with Crippen molar-refractivity contribution in [1.29, 1.82) is 0 Å². The molecule has 2 amide bonds. The summed E-state index contributed by atoms with van der Waals surface area (Å²) in [5.41, 5.74) is -1.19. The van der Waals surface area contributed by atoms with Crippen LogP contribution in [-0.4, -0.2) is 49.8 Å². The maximum atomic E-state index is 15.5. The van der Waals surface area contributed by atoms with Gasteiger partial charge < -0.3 is 4.90 Å². The number of hydrogen-bond donors (Lipinski definition) is 1. The van der Waals surface area contributed by atoms with Gasteiger partial charge in [0.05, 0.1) is 4.34 Å². The molecule has 2 aromatic rings. The minimum atomic E-state index is -3.93. The second-order valence-electron chi connectivity index (χ2n) is 7.71. The van der Waals surface area contributed by atoms with E-state index in [9.17, 15) is 18.0 Å². The summed E-state index contributed by atoms with van der Waals surface area (Å²) in [6.07, 6.45) is 1.96. The number of hydrazine groups is 1. The highest BCUT2D eigenvalue weighted by atomic mass is 35.5. The number of halogens is 2. The van der Waals surface area contributed by atoms with Crippen LogP contribution in [0.3, 0.4) is 0 Å². The Morgan fingerprint density at radius 1 is 1.22 bits per heavy atom. The highest BCUT2D eigenvalue weighted by Crippen LogP contribution is 2.46. The van der Waals surface area contributed by atoms with Crippen LogP contribution in [0.1, 0.15) is 40.1 Å². The molecule has 0 unspecified atom stereocenters. The fourth-order valence-electron chi connectivity index (χ4n) is 4.25. The Balaban J connectivity index is 1.76. The SMILES string of the molecule is C=CS(=O)(=O)NN1CC[C@](c2ccc(Cl)s2)(c2ccc(C(=O)N3CCCC3)cc2F)C1=O. The average molecular weight is 498 g/mol. The number of likely N-dealkylation sites (tertiary alicyclic amines) is 1. The van der Waals surface area contributed by atoms with Crippen molar-refractivity contribution >= 4 is 44.8 Å². The minimum absolute atomic E-state index is 0.0231. The first-order chi connectivity index (χ1) is 15.2. The molecule has 0 radical (unpaired) electrons. The molecule has 4 rings (SSSR count). The summed E-state index contributed by atoms with van der Waals surface area (Å²) in [6, 6.07) is 7.35. The molecule has 2 aliphatic heterocycles. The number of amides is 2. The lowest BCUT2D eigenvalue weighted by molar-refractivity contribution is -0.132. The Kier molecular flexibility index (Phi) is 6.15. The lowest BCUT2D eigenvalue weighted by Crippen LogP contribution is -2.47. The van der Waals surface area contributed by atoms with Crippen LogP contribution in [-0.2, 0) is 20.2 Å². The Hall–Kier alpha value is -2.27. The first kappa shape index (κ1) is 22.9. The van der Waals surface area contributed by atoms with Gasteiger partial charge in [-0.2, -0.15) is 0 Å². The number of thiophene rings is 1. The maximum Gasteiger partial charge on any atom is 0.253 e. The number of carbonyl (C=O) groups is 2. The van der Waals surface area contributed by atoms with Crippen molar-refractivity contribution in [2.24, 2.45) is 0 Å². The summed E-state index contributed by atoms with van der Waals surface area (Å²) >= 11 is 7.23. The Morgan fingerprint density at radius 2 is 1.94 bits per heavy atom. The van der Waals surface area contributed by atoms with E-state index >= 15 is 4.39 Å². The third kappa shape index (κ3) is 3.96. The third-order valence-corrected chi connectivity index (χ3v) is 8.15. The van der Waals surface area contributed by atoms with E-state index in [1.54, 1.807) is 17.0 Å². The fraction of sp³-hybridized carbons (Fsp3) is 0.333.